The summed E-state index contributed by atoms with van der Waals surface area (Å²) in [5.74, 6) is 0. The van der Waals surface area contributed by atoms with Gasteiger partial charge in [0.05, 0.1) is 0 Å². The molecule has 2 N–H and O–H groups in total. The Kier molecular flexibility index (Phi) is 3.90. The van der Waals surface area contributed by atoms with Crippen molar-refractivity contribution in [2.45, 2.75) is 20.4 Å². The third-order valence-electron chi connectivity index (χ3n) is 3.73. The van der Waals surface area contributed by atoms with Crippen LogP contribution in [0.15, 0.2) is 47.3 Å². The maximum atomic E-state index is 12.2. The Morgan fingerprint density at radius 1 is 1.09 bits per heavy atom. The molecule has 112 valence electrons. The number of halogens is 1. The van der Waals surface area contributed by atoms with Gasteiger partial charge in [-0.15, -0.1) is 0 Å². The van der Waals surface area contributed by atoms with Gasteiger partial charge in [-0.05, 0) is 54.6 Å². The van der Waals surface area contributed by atoms with Crippen molar-refractivity contribution in [1.29, 1.82) is 0 Å². The van der Waals surface area contributed by atoms with Gasteiger partial charge in [-0.3, -0.25) is 4.79 Å². The molecule has 3 nitrogen and oxygen atoms in total. The predicted molar refractivity (Wildman–Crippen MR) is 92.8 cm³/mol. The van der Waals surface area contributed by atoms with Crippen molar-refractivity contribution in [2.24, 2.45) is 0 Å². The van der Waals surface area contributed by atoms with Crippen molar-refractivity contribution in [1.82, 2.24) is 4.98 Å². The zero-order valence-electron chi connectivity index (χ0n) is 12.5. The first-order valence-corrected chi connectivity index (χ1v) is 7.53. The van der Waals surface area contributed by atoms with Gasteiger partial charge in [0.2, 0.25) is 0 Å². The van der Waals surface area contributed by atoms with Crippen LogP contribution in [0.4, 0.5) is 5.69 Å². The van der Waals surface area contributed by atoms with Gasteiger partial charge in [0.1, 0.15) is 0 Å². The minimum absolute atomic E-state index is 0.0659. The third kappa shape index (κ3) is 3.00. The number of benzene rings is 2. The molecule has 0 bridgehead atoms. The maximum absolute atomic E-state index is 12.2. The van der Waals surface area contributed by atoms with Gasteiger partial charge in [0.25, 0.3) is 5.56 Å². The number of pyridine rings is 1. The SMILES string of the molecule is Cc1ccc2cc(CNc3ccc(C)c(Cl)c3)c(=O)[nH]c2c1. The Balaban J connectivity index is 1.87. The fourth-order valence-corrected chi connectivity index (χ4v) is 2.57. The molecular weight excluding hydrogens is 296 g/mol. The first kappa shape index (κ1) is 14.7. The summed E-state index contributed by atoms with van der Waals surface area (Å²) in [6.07, 6.45) is 0. The van der Waals surface area contributed by atoms with Crippen molar-refractivity contribution in [3.63, 3.8) is 0 Å². The highest BCUT2D eigenvalue weighted by Gasteiger charge is 2.04. The highest BCUT2D eigenvalue weighted by molar-refractivity contribution is 6.31. The van der Waals surface area contributed by atoms with E-state index in [-0.39, 0.29) is 5.56 Å². The lowest BCUT2D eigenvalue weighted by atomic mass is 10.1. The van der Waals surface area contributed by atoms with Crippen LogP contribution in [0.25, 0.3) is 10.9 Å². The summed E-state index contributed by atoms with van der Waals surface area (Å²) in [5.41, 5.74) is 4.57. The van der Waals surface area contributed by atoms with E-state index in [1.54, 1.807) is 0 Å². The second kappa shape index (κ2) is 5.85. The summed E-state index contributed by atoms with van der Waals surface area (Å²) in [6, 6.07) is 13.8. The maximum Gasteiger partial charge on any atom is 0.253 e. The van der Waals surface area contributed by atoms with E-state index in [1.165, 1.54) is 0 Å². The lowest BCUT2D eigenvalue weighted by Gasteiger charge is -2.09. The molecule has 0 atom stereocenters. The van der Waals surface area contributed by atoms with E-state index < -0.39 is 0 Å². The highest BCUT2D eigenvalue weighted by Crippen LogP contribution is 2.20. The van der Waals surface area contributed by atoms with E-state index in [2.05, 4.69) is 10.3 Å². The molecule has 0 aliphatic rings. The zero-order valence-corrected chi connectivity index (χ0v) is 13.3. The minimum Gasteiger partial charge on any atom is -0.381 e. The van der Waals surface area contributed by atoms with E-state index >= 15 is 0 Å². The van der Waals surface area contributed by atoms with Crippen LogP contribution in [0.2, 0.25) is 5.02 Å². The topological polar surface area (TPSA) is 44.9 Å². The molecule has 1 aromatic heterocycles. The lowest BCUT2D eigenvalue weighted by molar-refractivity contribution is 1.09. The van der Waals surface area contributed by atoms with E-state index in [4.69, 9.17) is 11.6 Å². The van der Waals surface area contributed by atoms with Crippen LogP contribution in [0, 0.1) is 13.8 Å². The molecule has 3 aromatic rings. The Labute approximate surface area is 133 Å². The Morgan fingerprint density at radius 3 is 2.68 bits per heavy atom. The van der Waals surface area contributed by atoms with E-state index in [9.17, 15) is 4.79 Å². The number of rotatable bonds is 3. The highest BCUT2D eigenvalue weighted by atomic mass is 35.5. The zero-order chi connectivity index (χ0) is 15.7. The molecule has 0 aliphatic heterocycles. The van der Waals surface area contributed by atoms with Crippen LogP contribution in [0.3, 0.4) is 0 Å². The quantitative estimate of drug-likeness (QED) is 0.752. The predicted octanol–water partition coefficient (Wildman–Crippen LogP) is 4.41. The third-order valence-corrected chi connectivity index (χ3v) is 4.14. The number of nitrogens with one attached hydrogen (secondary N) is 2. The molecule has 0 amide bonds. The first-order valence-electron chi connectivity index (χ1n) is 7.15. The molecule has 0 saturated heterocycles. The number of aryl methyl sites for hydroxylation is 2. The van der Waals surface area contributed by atoms with Crippen LogP contribution < -0.4 is 10.9 Å². The summed E-state index contributed by atoms with van der Waals surface area (Å²) < 4.78 is 0. The molecule has 4 heteroatoms. The van der Waals surface area contributed by atoms with E-state index in [1.807, 2.05) is 56.3 Å². The summed E-state index contributed by atoms with van der Waals surface area (Å²) in [4.78, 5) is 15.1. The van der Waals surface area contributed by atoms with Crippen molar-refractivity contribution >= 4 is 28.2 Å². The average molecular weight is 313 g/mol. The number of anilines is 1. The molecule has 3 rings (SSSR count). The summed E-state index contributed by atoms with van der Waals surface area (Å²) >= 11 is 6.11. The van der Waals surface area contributed by atoms with Gasteiger partial charge in [0.15, 0.2) is 0 Å². The number of aromatic nitrogens is 1. The average Bonchev–Trinajstić information content (AvgIpc) is 2.48. The second-order valence-electron chi connectivity index (χ2n) is 5.53. The summed E-state index contributed by atoms with van der Waals surface area (Å²) in [6.45, 7) is 4.43. The summed E-state index contributed by atoms with van der Waals surface area (Å²) in [7, 11) is 0. The van der Waals surface area contributed by atoms with Crippen LogP contribution in [0.5, 0.6) is 0 Å². The normalized spacial score (nSPS) is 10.9. The van der Waals surface area contributed by atoms with Crippen LogP contribution in [-0.4, -0.2) is 4.98 Å². The Hall–Kier alpha value is -2.26. The molecule has 22 heavy (non-hydrogen) atoms. The fourth-order valence-electron chi connectivity index (χ4n) is 2.39. The molecule has 0 radical (unpaired) electrons. The van der Waals surface area contributed by atoms with Crippen LogP contribution >= 0.6 is 11.6 Å². The molecule has 0 spiro atoms. The van der Waals surface area contributed by atoms with Gasteiger partial charge >= 0.3 is 0 Å². The smallest absolute Gasteiger partial charge is 0.253 e. The molecule has 0 unspecified atom stereocenters. The molecular formula is C18H17ClN2O. The minimum atomic E-state index is -0.0659. The fraction of sp³-hybridized carbons (Fsp3) is 0.167. The van der Waals surface area contributed by atoms with E-state index in [0.29, 0.717) is 17.1 Å². The first-order chi connectivity index (χ1) is 10.5. The van der Waals surface area contributed by atoms with Gasteiger partial charge in [0, 0.05) is 28.3 Å². The Morgan fingerprint density at radius 2 is 1.91 bits per heavy atom. The van der Waals surface area contributed by atoms with Gasteiger partial charge < -0.3 is 10.3 Å². The number of H-pyrrole nitrogens is 1. The van der Waals surface area contributed by atoms with Crippen molar-refractivity contribution in [3.05, 3.63) is 74.5 Å². The molecule has 1 heterocycles. The molecule has 0 fully saturated rings. The molecule has 0 saturated carbocycles. The van der Waals surface area contributed by atoms with Gasteiger partial charge in [-0.25, -0.2) is 0 Å². The van der Waals surface area contributed by atoms with Crippen LogP contribution in [-0.2, 0) is 6.54 Å². The molecule has 2 aromatic carbocycles. The Bertz CT molecular complexity index is 899. The van der Waals surface area contributed by atoms with Crippen LogP contribution in [0.1, 0.15) is 16.7 Å². The second-order valence-corrected chi connectivity index (χ2v) is 5.94. The largest absolute Gasteiger partial charge is 0.381 e. The van der Waals surface area contributed by atoms with Gasteiger partial charge in [-0.2, -0.15) is 0 Å². The standard InChI is InChI=1S/C18H17ClN2O/c1-11-3-5-13-8-14(18(22)21-17(13)7-11)10-20-15-6-4-12(2)16(19)9-15/h3-9,20H,10H2,1-2H3,(H,21,22). The number of aromatic amines is 1. The number of fused-ring (bicyclic) bond motifs is 1. The number of hydrogen-bond acceptors (Lipinski definition) is 2. The summed E-state index contributed by atoms with van der Waals surface area (Å²) in [5, 5.41) is 4.99. The lowest BCUT2D eigenvalue weighted by Crippen LogP contribution is -2.15. The number of hydrogen-bond donors (Lipinski definition) is 2. The molecule has 0 aliphatic carbocycles. The van der Waals surface area contributed by atoms with Crippen molar-refractivity contribution < 1.29 is 0 Å². The monoisotopic (exact) mass is 312 g/mol. The van der Waals surface area contributed by atoms with Crippen molar-refractivity contribution in [2.75, 3.05) is 5.32 Å². The van der Waals surface area contributed by atoms with Crippen molar-refractivity contribution in [3.8, 4) is 0 Å². The van der Waals surface area contributed by atoms with E-state index in [0.717, 1.165) is 27.7 Å². The van der Waals surface area contributed by atoms with Gasteiger partial charge in [-0.1, -0.05) is 29.8 Å².